The zero-order valence-corrected chi connectivity index (χ0v) is 8.06. The Labute approximate surface area is 85.3 Å². The minimum atomic E-state index is -1.11. The second-order valence-corrected chi connectivity index (χ2v) is 2.95. The van der Waals surface area contributed by atoms with E-state index in [1.165, 1.54) is 6.26 Å². The zero-order chi connectivity index (χ0) is 10.8. The molecular formula is C10H9NO4. The highest BCUT2D eigenvalue weighted by atomic mass is 16.4. The van der Waals surface area contributed by atoms with E-state index in [9.17, 15) is 4.79 Å². The number of carboxylic acid groups (broad SMARTS) is 1. The Bertz CT molecular complexity index is 483. The van der Waals surface area contributed by atoms with Crippen molar-refractivity contribution in [3.63, 3.8) is 0 Å². The van der Waals surface area contributed by atoms with E-state index in [1.54, 1.807) is 6.07 Å². The first-order chi connectivity index (χ1) is 7.22. The van der Waals surface area contributed by atoms with Crippen molar-refractivity contribution in [1.29, 1.82) is 0 Å². The number of aromatic carboxylic acids is 1. The second-order valence-electron chi connectivity index (χ2n) is 2.95. The van der Waals surface area contributed by atoms with Gasteiger partial charge in [0.25, 0.3) is 0 Å². The van der Waals surface area contributed by atoms with E-state index in [1.807, 2.05) is 6.92 Å². The molecule has 0 aliphatic carbocycles. The Morgan fingerprint density at radius 1 is 1.53 bits per heavy atom. The van der Waals surface area contributed by atoms with Crippen LogP contribution in [0.25, 0.3) is 11.5 Å². The molecule has 0 radical (unpaired) electrons. The number of oxazole rings is 1. The molecule has 78 valence electrons. The minimum Gasteiger partial charge on any atom is -0.476 e. The molecule has 2 heterocycles. The van der Waals surface area contributed by atoms with Crippen molar-refractivity contribution in [3.8, 4) is 11.5 Å². The molecule has 0 fully saturated rings. The van der Waals surface area contributed by atoms with Crippen LogP contribution in [0.5, 0.6) is 0 Å². The van der Waals surface area contributed by atoms with Crippen LogP contribution in [-0.2, 0) is 6.42 Å². The summed E-state index contributed by atoms with van der Waals surface area (Å²) in [5.74, 6) is -0.0988. The molecule has 0 amide bonds. The van der Waals surface area contributed by atoms with E-state index in [-0.39, 0.29) is 11.6 Å². The zero-order valence-electron chi connectivity index (χ0n) is 8.06. The number of carbonyl (C=O) groups is 1. The Morgan fingerprint density at radius 2 is 2.33 bits per heavy atom. The molecular weight excluding hydrogens is 198 g/mol. The molecule has 0 atom stereocenters. The summed E-state index contributed by atoms with van der Waals surface area (Å²) in [6, 6.07) is 1.70. The maximum absolute atomic E-state index is 10.6. The van der Waals surface area contributed by atoms with Crippen LogP contribution < -0.4 is 0 Å². The van der Waals surface area contributed by atoms with Crippen molar-refractivity contribution < 1.29 is 18.7 Å². The first-order valence-electron chi connectivity index (χ1n) is 4.48. The van der Waals surface area contributed by atoms with Gasteiger partial charge in [0.15, 0.2) is 5.69 Å². The normalized spacial score (nSPS) is 10.5. The van der Waals surface area contributed by atoms with Gasteiger partial charge >= 0.3 is 5.97 Å². The van der Waals surface area contributed by atoms with Crippen molar-refractivity contribution in [3.05, 3.63) is 30.0 Å². The molecule has 2 rings (SSSR count). The van der Waals surface area contributed by atoms with E-state index in [4.69, 9.17) is 13.9 Å². The van der Waals surface area contributed by atoms with Gasteiger partial charge in [0, 0.05) is 6.42 Å². The summed E-state index contributed by atoms with van der Waals surface area (Å²) in [4.78, 5) is 14.4. The molecule has 2 aromatic heterocycles. The van der Waals surface area contributed by atoms with Crippen molar-refractivity contribution in [2.75, 3.05) is 0 Å². The van der Waals surface area contributed by atoms with Crippen LogP contribution in [0.4, 0.5) is 0 Å². The SMILES string of the molecule is CCc1occc1-c1nc(C(=O)O)co1. The third-order valence-corrected chi connectivity index (χ3v) is 2.02. The van der Waals surface area contributed by atoms with Gasteiger partial charge in [0.1, 0.15) is 12.0 Å². The number of carboxylic acids is 1. The molecule has 2 aromatic rings. The number of furan rings is 1. The van der Waals surface area contributed by atoms with E-state index < -0.39 is 5.97 Å². The van der Waals surface area contributed by atoms with Crippen molar-refractivity contribution >= 4 is 5.97 Å². The standard InChI is InChI=1S/C10H9NO4/c1-2-8-6(3-4-14-8)9-11-7(5-15-9)10(12)13/h3-5H,2H2,1H3,(H,12,13). The third kappa shape index (κ3) is 1.63. The predicted molar refractivity (Wildman–Crippen MR) is 50.5 cm³/mol. The summed E-state index contributed by atoms with van der Waals surface area (Å²) in [7, 11) is 0. The molecule has 5 nitrogen and oxygen atoms in total. The first-order valence-corrected chi connectivity index (χ1v) is 4.48. The van der Waals surface area contributed by atoms with Crippen LogP contribution in [0.2, 0.25) is 0 Å². The Balaban J connectivity index is 2.41. The van der Waals surface area contributed by atoms with Gasteiger partial charge in [-0.05, 0) is 6.07 Å². The summed E-state index contributed by atoms with van der Waals surface area (Å²) < 4.78 is 10.3. The van der Waals surface area contributed by atoms with Gasteiger partial charge in [0.2, 0.25) is 5.89 Å². The van der Waals surface area contributed by atoms with Crippen LogP contribution in [0, 0.1) is 0 Å². The van der Waals surface area contributed by atoms with Gasteiger partial charge in [-0.25, -0.2) is 9.78 Å². The Morgan fingerprint density at radius 3 is 2.93 bits per heavy atom. The molecule has 0 bridgehead atoms. The van der Waals surface area contributed by atoms with Crippen LogP contribution in [-0.4, -0.2) is 16.1 Å². The van der Waals surface area contributed by atoms with E-state index in [2.05, 4.69) is 4.98 Å². The molecule has 0 aromatic carbocycles. The monoisotopic (exact) mass is 207 g/mol. The lowest BCUT2D eigenvalue weighted by Crippen LogP contribution is -1.95. The average Bonchev–Trinajstić information content (AvgIpc) is 2.85. The summed E-state index contributed by atoms with van der Waals surface area (Å²) in [5.41, 5.74) is 0.596. The van der Waals surface area contributed by atoms with Crippen LogP contribution >= 0.6 is 0 Å². The van der Waals surface area contributed by atoms with Crippen LogP contribution in [0.3, 0.4) is 0 Å². The quantitative estimate of drug-likeness (QED) is 0.834. The fraction of sp³-hybridized carbons (Fsp3) is 0.200. The molecule has 0 aliphatic heterocycles. The number of aromatic nitrogens is 1. The fourth-order valence-electron chi connectivity index (χ4n) is 1.30. The molecule has 0 saturated heterocycles. The molecule has 5 heteroatoms. The second kappa shape index (κ2) is 3.61. The fourth-order valence-corrected chi connectivity index (χ4v) is 1.30. The molecule has 0 unspecified atom stereocenters. The molecule has 0 saturated carbocycles. The maximum Gasteiger partial charge on any atom is 0.357 e. The highest BCUT2D eigenvalue weighted by Crippen LogP contribution is 2.24. The summed E-state index contributed by atoms with van der Waals surface area (Å²) in [6.07, 6.45) is 3.34. The summed E-state index contributed by atoms with van der Waals surface area (Å²) >= 11 is 0. The topological polar surface area (TPSA) is 76.5 Å². The number of hydrogen-bond donors (Lipinski definition) is 1. The van der Waals surface area contributed by atoms with Gasteiger partial charge in [-0.15, -0.1) is 0 Å². The van der Waals surface area contributed by atoms with Gasteiger partial charge in [-0.2, -0.15) is 0 Å². The lowest BCUT2D eigenvalue weighted by molar-refractivity contribution is 0.0690. The first kappa shape index (κ1) is 9.51. The Kier molecular flexibility index (Phi) is 2.29. The highest BCUT2D eigenvalue weighted by molar-refractivity contribution is 5.85. The smallest absolute Gasteiger partial charge is 0.357 e. The van der Waals surface area contributed by atoms with Crippen molar-refractivity contribution in [2.45, 2.75) is 13.3 Å². The number of aryl methyl sites for hydroxylation is 1. The van der Waals surface area contributed by atoms with Gasteiger partial charge in [-0.3, -0.25) is 0 Å². The third-order valence-electron chi connectivity index (χ3n) is 2.02. The lowest BCUT2D eigenvalue weighted by Gasteiger charge is -1.92. The van der Waals surface area contributed by atoms with Gasteiger partial charge < -0.3 is 13.9 Å². The summed E-state index contributed by atoms with van der Waals surface area (Å²) in [6.45, 7) is 1.93. The van der Waals surface area contributed by atoms with Crippen LogP contribution in [0.15, 0.2) is 27.4 Å². The van der Waals surface area contributed by atoms with Crippen molar-refractivity contribution in [1.82, 2.24) is 4.98 Å². The number of rotatable bonds is 3. The minimum absolute atomic E-state index is 0.103. The average molecular weight is 207 g/mol. The van der Waals surface area contributed by atoms with Crippen LogP contribution in [0.1, 0.15) is 23.2 Å². The molecule has 0 spiro atoms. The predicted octanol–water partition coefficient (Wildman–Crippen LogP) is 2.20. The lowest BCUT2D eigenvalue weighted by atomic mass is 10.2. The van der Waals surface area contributed by atoms with E-state index >= 15 is 0 Å². The maximum atomic E-state index is 10.6. The van der Waals surface area contributed by atoms with Gasteiger partial charge in [-0.1, -0.05) is 6.92 Å². The van der Waals surface area contributed by atoms with E-state index in [0.717, 1.165) is 12.0 Å². The number of hydrogen-bond acceptors (Lipinski definition) is 4. The van der Waals surface area contributed by atoms with Gasteiger partial charge in [0.05, 0.1) is 11.8 Å². The molecule has 15 heavy (non-hydrogen) atoms. The largest absolute Gasteiger partial charge is 0.476 e. The Hall–Kier alpha value is -2.04. The summed E-state index contributed by atoms with van der Waals surface area (Å²) in [5, 5.41) is 8.68. The van der Waals surface area contributed by atoms with Crippen molar-refractivity contribution in [2.24, 2.45) is 0 Å². The number of nitrogens with zero attached hydrogens (tertiary/aromatic N) is 1. The molecule has 0 aliphatic rings. The molecule has 1 N–H and O–H groups in total. The van der Waals surface area contributed by atoms with E-state index in [0.29, 0.717) is 12.0 Å². The highest BCUT2D eigenvalue weighted by Gasteiger charge is 2.15.